The number of sulfonamides is 2. The summed E-state index contributed by atoms with van der Waals surface area (Å²) in [5.74, 6) is 0.135. The summed E-state index contributed by atoms with van der Waals surface area (Å²) in [5, 5.41) is 11.7. The number of aryl methyl sites for hydroxylation is 4. The van der Waals surface area contributed by atoms with Crippen LogP contribution in [-0.4, -0.2) is 164 Å². The van der Waals surface area contributed by atoms with Crippen LogP contribution in [0.4, 0.5) is 11.4 Å². The number of pyridine rings is 2. The first-order valence-corrected chi connectivity index (χ1v) is 28.1. The average Bonchev–Trinajstić information content (AvgIpc) is 3.32. The van der Waals surface area contributed by atoms with Crippen LogP contribution in [0.15, 0.2) is 92.1 Å². The second-order valence-electron chi connectivity index (χ2n) is 18.0. The van der Waals surface area contributed by atoms with Crippen LogP contribution in [0, 0.1) is 39.5 Å². The molecule has 0 unspecified atom stereocenters. The predicted octanol–water partition coefficient (Wildman–Crippen LogP) is 6.78. The molecule has 21 heteroatoms. The highest BCUT2D eigenvalue weighted by Gasteiger charge is 2.27. The topological polar surface area (TPSA) is 195 Å². The SMILES string of the molecule is CNCC1CCN(c2ccncc2)CC1.Cc1cc(Br)cc(C)c1S(=O)(=O)N(C)CCOCC(=O)N(C)CC1CCN(c2ccncc2)CC1.Cc1cc(Br)cc(C)c1S(=O)(=O)N(C)CCOCC(=O)O. The van der Waals surface area contributed by atoms with Crippen LogP contribution in [0.3, 0.4) is 0 Å². The Labute approximate surface area is 438 Å². The highest BCUT2D eigenvalue weighted by Crippen LogP contribution is 2.29. The Kier molecular flexibility index (Phi) is 24.3. The smallest absolute Gasteiger partial charge is 0.329 e. The number of anilines is 2. The van der Waals surface area contributed by atoms with Gasteiger partial charge in [0.2, 0.25) is 26.0 Å². The van der Waals surface area contributed by atoms with Crippen molar-refractivity contribution in [1.29, 1.82) is 0 Å². The van der Waals surface area contributed by atoms with Crippen molar-refractivity contribution in [2.45, 2.75) is 63.2 Å². The Balaban J connectivity index is 0.000000257. The monoisotopic (exact) mass is 1150 g/mol. The van der Waals surface area contributed by atoms with Crippen LogP contribution in [-0.2, 0) is 39.1 Å². The Hall–Kier alpha value is -4.06. The molecule has 2 saturated heterocycles. The summed E-state index contributed by atoms with van der Waals surface area (Å²) in [7, 11) is -0.463. The van der Waals surface area contributed by atoms with Gasteiger partial charge in [-0.1, -0.05) is 31.9 Å². The normalized spacial score (nSPS) is 14.7. The number of hydrogen-bond acceptors (Lipinski definition) is 13. The highest BCUT2D eigenvalue weighted by molar-refractivity contribution is 9.10. The van der Waals surface area contributed by atoms with Crippen molar-refractivity contribution in [3.05, 3.63) is 105 Å². The van der Waals surface area contributed by atoms with Crippen molar-refractivity contribution < 1.29 is 41.0 Å². The van der Waals surface area contributed by atoms with Crippen molar-refractivity contribution in [3.63, 3.8) is 0 Å². The van der Waals surface area contributed by atoms with Crippen molar-refractivity contribution in [2.75, 3.05) is 117 Å². The van der Waals surface area contributed by atoms with Gasteiger partial charge in [0.25, 0.3) is 0 Å². The number of amides is 1. The molecular formula is C50H72Br2N8O9S2. The number of nitrogens with one attached hydrogen (secondary N) is 1. The number of benzene rings is 2. The van der Waals surface area contributed by atoms with Crippen LogP contribution in [0.2, 0.25) is 0 Å². The van der Waals surface area contributed by atoms with E-state index in [1.165, 1.54) is 55.7 Å². The van der Waals surface area contributed by atoms with E-state index in [1.807, 2.05) is 44.0 Å². The number of piperidine rings is 2. The minimum atomic E-state index is -3.65. The third-order valence-corrected chi connectivity index (χ3v) is 17.7. The number of rotatable bonds is 20. The fourth-order valence-corrected chi connectivity index (χ4v) is 13.1. The third-order valence-electron chi connectivity index (χ3n) is 12.5. The number of aromatic nitrogens is 2. The van der Waals surface area contributed by atoms with Gasteiger partial charge < -0.3 is 34.6 Å². The number of likely N-dealkylation sites (N-methyl/N-ethyl adjacent to an activating group) is 3. The van der Waals surface area contributed by atoms with Gasteiger partial charge in [0.05, 0.1) is 23.0 Å². The molecule has 4 heterocycles. The summed E-state index contributed by atoms with van der Waals surface area (Å²) in [6.07, 6.45) is 12.0. The number of aliphatic carboxylic acids is 1. The number of hydrogen-bond donors (Lipinski definition) is 2. The molecule has 2 aromatic heterocycles. The van der Waals surface area contributed by atoms with Gasteiger partial charge in [-0.05, 0) is 150 Å². The van der Waals surface area contributed by atoms with Gasteiger partial charge in [-0.15, -0.1) is 0 Å². The van der Waals surface area contributed by atoms with Crippen molar-refractivity contribution in [2.24, 2.45) is 11.8 Å². The molecular weight excluding hydrogens is 1080 g/mol. The van der Waals surface area contributed by atoms with E-state index in [1.54, 1.807) is 63.9 Å². The average molecular weight is 1150 g/mol. The molecule has 2 aromatic carbocycles. The fraction of sp³-hybridized carbons (Fsp3) is 0.520. The van der Waals surface area contributed by atoms with Crippen molar-refractivity contribution in [1.82, 2.24) is 28.8 Å². The molecule has 0 aliphatic carbocycles. The van der Waals surface area contributed by atoms with Gasteiger partial charge >= 0.3 is 5.97 Å². The van der Waals surface area contributed by atoms with Crippen molar-refractivity contribution in [3.8, 4) is 0 Å². The zero-order valence-corrected chi connectivity index (χ0v) is 47.1. The maximum atomic E-state index is 13.0. The first-order chi connectivity index (χ1) is 33.6. The van der Waals surface area contributed by atoms with E-state index in [2.05, 4.69) is 69.1 Å². The van der Waals surface area contributed by atoms with Crippen LogP contribution >= 0.6 is 31.9 Å². The minimum absolute atomic E-state index is 0.0245. The zero-order chi connectivity index (χ0) is 52.3. The lowest BCUT2D eigenvalue weighted by Gasteiger charge is -2.35. The van der Waals surface area contributed by atoms with Gasteiger partial charge in [0.15, 0.2) is 0 Å². The molecule has 6 rings (SSSR count). The van der Waals surface area contributed by atoms with E-state index in [4.69, 9.17) is 14.6 Å². The van der Waals surface area contributed by atoms with E-state index in [9.17, 15) is 26.4 Å². The summed E-state index contributed by atoms with van der Waals surface area (Å²) >= 11 is 6.73. The summed E-state index contributed by atoms with van der Waals surface area (Å²) in [5.41, 5.74) is 5.18. The van der Waals surface area contributed by atoms with Gasteiger partial charge in [-0.3, -0.25) is 14.8 Å². The van der Waals surface area contributed by atoms with E-state index < -0.39 is 32.6 Å². The van der Waals surface area contributed by atoms with Crippen LogP contribution in [0.25, 0.3) is 0 Å². The maximum absolute atomic E-state index is 13.0. The predicted molar refractivity (Wildman–Crippen MR) is 286 cm³/mol. The molecule has 0 saturated carbocycles. The lowest BCUT2D eigenvalue weighted by atomic mass is 9.96. The quantitative estimate of drug-likeness (QED) is 0.0880. The minimum Gasteiger partial charge on any atom is -0.480 e. The summed E-state index contributed by atoms with van der Waals surface area (Å²) in [6, 6.07) is 15.3. The summed E-state index contributed by atoms with van der Waals surface area (Å²) < 4.78 is 65.7. The Morgan fingerprint density at radius 2 is 1.03 bits per heavy atom. The molecule has 4 aromatic rings. The lowest BCUT2D eigenvalue weighted by molar-refractivity contribution is -0.142. The second-order valence-corrected chi connectivity index (χ2v) is 23.8. The molecule has 2 aliphatic heterocycles. The first-order valence-electron chi connectivity index (χ1n) is 23.7. The Bertz CT molecular complexity index is 2490. The number of ether oxygens (including phenoxy) is 2. The van der Waals surface area contributed by atoms with Gasteiger partial charge in [-0.25, -0.2) is 21.6 Å². The van der Waals surface area contributed by atoms with E-state index in [0.29, 0.717) is 39.6 Å². The van der Waals surface area contributed by atoms with Crippen LogP contribution < -0.4 is 15.1 Å². The Morgan fingerprint density at radius 3 is 1.39 bits per heavy atom. The van der Waals surface area contributed by atoms with E-state index >= 15 is 0 Å². The molecule has 0 spiro atoms. The number of carboxylic acid groups (broad SMARTS) is 1. The zero-order valence-electron chi connectivity index (χ0n) is 42.3. The molecule has 1 amide bonds. The van der Waals surface area contributed by atoms with Crippen LogP contribution in [0.1, 0.15) is 47.9 Å². The first kappa shape index (κ1) is 59.5. The summed E-state index contributed by atoms with van der Waals surface area (Å²) in [6.45, 7) is 13.1. The number of carboxylic acids is 1. The standard InChI is InChI=1S/C25H35BrN4O4S.C13H18BrNO5S.C12H19N3/c1-19-15-22(26)16-20(2)25(19)35(32,33)29(4)13-14-34-18-24(31)28(3)17-21-7-11-30(12-8-21)23-5-9-27-10-6-23;1-9-6-11(14)7-10(2)13(9)21(18,19)15(3)4-5-20-8-12(16)17;1-13-10-11-4-8-15(9-5-11)12-2-6-14-7-3-12/h5-6,9-10,15-16,21H,7-8,11-14,17-18H2,1-4H3;6-7H,4-5,8H2,1-3H3,(H,16,17);2-3,6-7,11,13H,4-5,8-10H2,1H3. The van der Waals surface area contributed by atoms with Crippen LogP contribution in [0.5, 0.6) is 0 Å². The molecule has 71 heavy (non-hydrogen) atoms. The van der Waals surface area contributed by atoms with Gasteiger partial charge in [-0.2, -0.15) is 8.61 Å². The number of carbonyl (C=O) groups is 2. The fourth-order valence-electron chi connectivity index (χ4n) is 8.63. The third kappa shape index (κ3) is 18.4. The molecule has 0 atom stereocenters. The molecule has 392 valence electrons. The molecule has 2 N–H and O–H groups in total. The lowest BCUT2D eigenvalue weighted by Crippen LogP contribution is -2.40. The molecule has 17 nitrogen and oxygen atoms in total. The van der Waals surface area contributed by atoms with Crippen molar-refractivity contribution >= 4 is 75.2 Å². The maximum Gasteiger partial charge on any atom is 0.329 e. The molecule has 0 radical (unpaired) electrons. The molecule has 2 fully saturated rings. The number of nitrogens with zero attached hydrogens (tertiary/aromatic N) is 7. The number of halogens is 2. The largest absolute Gasteiger partial charge is 0.480 e. The molecule has 0 bridgehead atoms. The second kappa shape index (κ2) is 29.0. The van der Waals surface area contributed by atoms with Gasteiger partial charge in [0, 0.05) is 112 Å². The van der Waals surface area contributed by atoms with Gasteiger partial charge in [0.1, 0.15) is 13.2 Å². The number of carbonyl (C=O) groups excluding carboxylic acids is 1. The summed E-state index contributed by atoms with van der Waals surface area (Å²) in [4.78, 5) is 38.1. The molecule has 2 aliphatic rings. The van der Waals surface area contributed by atoms with E-state index in [-0.39, 0.29) is 43.7 Å². The van der Waals surface area contributed by atoms with E-state index in [0.717, 1.165) is 51.6 Å². The highest BCUT2D eigenvalue weighted by atomic mass is 79.9. The Morgan fingerprint density at radius 1 is 0.662 bits per heavy atom.